The first kappa shape index (κ1) is 37.0. The molecule has 2 saturated heterocycles. The minimum absolute atomic E-state index is 0.0311. The molecule has 0 spiro atoms. The number of piperidine rings is 1. The topological polar surface area (TPSA) is 171 Å². The zero-order valence-electron chi connectivity index (χ0n) is 31.5. The lowest BCUT2D eigenvalue weighted by Crippen LogP contribution is -2.61. The molecule has 3 N–H and O–H groups in total. The highest BCUT2D eigenvalue weighted by Gasteiger charge is 2.40. The number of likely N-dealkylation sites (N-methyl/N-ethyl adjacent to an activating group) is 1. The van der Waals surface area contributed by atoms with Gasteiger partial charge in [-0.05, 0) is 95.0 Å². The van der Waals surface area contributed by atoms with Crippen molar-refractivity contribution in [1.29, 1.82) is 0 Å². The number of anilines is 2. The number of nitrogens with one attached hydrogen (secondary N) is 3. The summed E-state index contributed by atoms with van der Waals surface area (Å²) >= 11 is 0. The van der Waals surface area contributed by atoms with E-state index in [2.05, 4.69) is 42.9 Å². The van der Waals surface area contributed by atoms with E-state index in [1.807, 2.05) is 24.8 Å². The third kappa shape index (κ3) is 7.16. The molecule has 2 aromatic heterocycles. The zero-order valence-corrected chi connectivity index (χ0v) is 31.5. The van der Waals surface area contributed by atoms with Gasteiger partial charge in [-0.25, -0.2) is 13.9 Å². The Hall–Kier alpha value is -5.90. The summed E-state index contributed by atoms with van der Waals surface area (Å²) in [5.41, 5.74) is 3.21. The van der Waals surface area contributed by atoms with E-state index in [1.54, 1.807) is 30.6 Å². The molecule has 1 aliphatic carbocycles. The number of benzene rings is 2. The molecule has 16 heteroatoms. The minimum atomic E-state index is -0.880. The SMILES string of the molecule is CC(C)Oc1cc2c(cc1NC(=O)c1cnn3cccnc13)CN(C1CCC(N(C)C3CN(c4ccc(C(=O)NC5CCC(=O)NC5=O)c(F)c4)C3)CC1)C2=O. The Morgan fingerprint density at radius 1 is 1.00 bits per heavy atom. The van der Waals surface area contributed by atoms with Gasteiger partial charge in [0.2, 0.25) is 11.8 Å². The maximum atomic E-state index is 15.1. The number of carbonyl (C=O) groups excluding carboxylic acids is 5. The van der Waals surface area contributed by atoms with Crippen molar-refractivity contribution in [3.05, 3.63) is 83.1 Å². The second-order valence-corrected chi connectivity index (χ2v) is 15.3. The number of imide groups is 1. The molecule has 3 fully saturated rings. The Bertz CT molecular complexity index is 2230. The van der Waals surface area contributed by atoms with E-state index in [1.165, 1.54) is 22.8 Å². The van der Waals surface area contributed by atoms with Crippen LogP contribution in [-0.4, -0.2) is 104 Å². The van der Waals surface area contributed by atoms with Gasteiger partial charge < -0.3 is 25.2 Å². The monoisotopic (exact) mass is 765 g/mol. The molecule has 4 aliphatic rings. The largest absolute Gasteiger partial charge is 0.489 e. The van der Waals surface area contributed by atoms with Crippen molar-refractivity contribution in [2.75, 3.05) is 30.4 Å². The van der Waals surface area contributed by atoms with Gasteiger partial charge in [0.15, 0.2) is 5.65 Å². The molecule has 15 nitrogen and oxygen atoms in total. The van der Waals surface area contributed by atoms with Gasteiger partial charge in [0.1, 0.15) is 23.2 Å². The molecular weight excluding hydrogens is 721 g/mol. The lowest BCUT2D eigenvalue weighted by Gasteiger charge is -2.49. The standard InChI is InChI=1S/C40H44FN9O6/c1-22(2)56-34-17-29-23(15-33(34)45-38(53)30-18-43-50-14-4-13-42-36(30)50)19-49(40(29)55)25-7-5-24(6-8-25)47(3)27-20-48(21-27)26-9-10-28(31(41)16-26)37(52)44-32-11-12-35(51)46-39(32)54/h4,9-10,13-18,22,24-25,27,32H,5-8,11-12,19-21H2,1-3H3,(H,44,52)(H,45,53)(H,46,51,54). The van der Waals surface area contributed by atoms with Crippen molar-refractivity contribution in [1.82, 2.24) is 35.0 Å². The van der Waals surface area contributed by atoms with E-state index in [0.717, 1.165) is 31.2 Å². The van der Waals surface area contributed by atoms with Gasteiger partial charge >= 0.3 is 0 Å². The fourth-order valence-electron chi connectivity index (χ4n) is 8.24. The molecule has 4 aromatic rings. The number of hydrogen-bond donors (Lipinski definition) is 3. The second-order valence-electron chi connectivity index (χ2n) is 15.3. The Labute approximate surface area is 322 Å². The average Bonchev–Trinajstić information content (AvgIpc) is 3.73. The van der Waals surface area contributed by atoms with Crippen LogP contribution in [0.1, 0.15) is 89.0 Å². The van der Waals surface area contributed by atoms with Crippen molar-refractivity contribution < 1.29 is 33.1 Å². The number of rotatable bonds is 10. The highest BCUT2D eigenvalue weighted by Crippen LogP contribution is 2.38. The Morgan fingerprint density at radius 3 is 2.52 bits per heavy atom. The van der Waals surface area contributed by atoms with Crippen LogP contribution in [0.15, 0.2) is 55.0 Å². The average molecular weight is 766 g/mol. The van der Waals surface area contributed by atoms with Crippen LogP contribution >= 0.6 is 0 Å². The fourth-order valence-corrected chi connectivity index (χ4v) is 8.24. The van der Waals surface area contributed by atoms with E-state index >= 15 is 4.39 Å². The van der Waals surface area contributed by atoms with Gasteiger partial charge in [0.05, 0.1) is 23.6 Å². The van der Waals surface area contributed by atoms with Gasteiger partial charge in [-0.3, -0.25) is 34.2 Å². The summed E-state index contributed by atoms with van der Waals surface area (Å²) in [6.07, 6.45) is 8.50. The Kier molecular flexibility index (Phi) is 9.91. The summed E-state index contributed by atoms with van der Waals surface area (Å²) < 4.78 is 22.7. The summed E-state index contributed by atoms with van der Waals surface area (Å²) in [5, 5.41) is 11.9. The van der Waals surface area contributed by atoms with Gasteiger partial charge in [-0.2, -0.15) is 5.10 Å². The van der Waals surface area contributed by atoms with Crippen molar-refractivity contribution >= 4 is 46.6 Å². The van der Waals surface area contributed by atoms with E-state index in [9.17, 15) is 24.0 Å². The molecule has 3 aliphatic heterocycles. The molecule has 56 heavy (non-hydrogen) atoms. The second kappa shape index (κ2) is 15.0. The molecule has 1 atom stereocenters. The lowest BCUT2D eigenvalue weighted by molar-refractivity contribution is -0.134. The van der Waals surface area contributed by atoms with Crippen molar-refractivity contribution in [2.24, 2.45) is 0 Å². The molecule has 0 bridgehead atoms. The number of aromatic nitrogens is 3. The van der Waals surface area contributed by atoms with Crippen molar-refractivity contribution in [3.63, 3.8) is 0 Å². The fraction of sp³-hybridized carbons (Fsp3) is 0.425. The maximum Gasteiger partial charge on any atom is 0.261 e. The summed E-state index contributed by atoms with van der Waals surface area (Å²) in [6.45, 7) is 5.67. The summed E-state index contributed by atoms with van der Waals surface area (Å²) in [7, 11) is 2.13. The number of ether oxygens (including phenoxy) is 1. The smallest absolute Gasteiger partial charge is 0.261 e. The molecule has 292 valence electrons. The Morgan fingerprint density at radius 2 is 1.79 bits per heavy atom. The van der Waals surface area contributed by atoms with Crippen LogP contribution in [0.5, 0.6) is 5.75 Å². The van der Waals surface area contributed by atoms with E-state index < -0.39 is 29.6 Å². The number of amides is 5. The molecule has 2 aromatic carbocycles. The first-order chi connectivity index (χ1) is 26.9. The van der Waals surface area contributed by atoms with Crippen LogP contribution < -0.4 is 25.6 Å². The molecule has 1 saturated carbocycles. The molecule has 5 heterocycles. The van der Waals surface area contributed by atoms with E-state index in [4.69, 9.17) is 4.74 Å². The number of hydrogen-bond acceptors (Lipinski definition) is 10. The number of fused-ring (bicyclic) bond motifs is 2. The van der Waals surface area contributed by atoms with E-state index in [-0.39, 0.29) is 48.4 Å². The quantitative estimate of drug-likeness (QED) is 0.203. The van der Waals surface area contributed by atoms with Gasteiger partial charge in [0, 0.05) is 67.8 Å². The van der Waals surface area contributed by atoms with Crippen LogP contribution in [0.3, 0.4) is 0 Å². The Balaban J connectivity index is 0.851. The highest BCUT2D eigenvalue weighted by molar-refractivity contribution is 6.09. The van der Waals surface area contributed by atoms with Crippen LogP contribution in [-0.2, 0) is 16.1 Å². The third-order valence-corrected chi connectivity index (χ3v) is 11.4. The van der Waals surface area contributed by atoms with Gasteiger partial charge in [-0.15, -0.1) is 0 Å². The van der Waals surface area contributed by atoms with Gasteiger partial charge in [0.25, 0.3) is 17.7 Å². The van der Waals surface area contributed by atoms with E-state index in [0.29, 0.717) is 59.6 Å². The minimum Gasteiger partial charge on any atom is -0.489 e. The molecular formula is C40H44FN9O6. The number of halogens is 1. The van der Waals surface area contributed by atoms with Crippen LogP contribution in [0.4, 0.5) is 15.8 Å². The normalized spacial score (nSPS) is 21.3. The summed E-state index contributed by atoms with van der Waals surface area (Å²) in [6, 6.07) is 9.64. The first-order valence-corrected chi connectivity index (χ1v) is 19.1. The highest BCUT2D eigenvalue weighted by atomic mass is 19.1. The number of carbonyl (C=O) groups is 5. The lowest BCUT2D eigenvalue weighted by atomic mass is 9.88. The van der Waals surface area contributed by atoms with Crippen LogP contribution in [0.25, 0.3) is 5.65 Å². The predicted octanol–water partition coefficient (Wildman–Crippen LogP) is 3.53. The molecule has 8 rings (SSSR count). The first-order valence-electron chi connectivity index (χ1n) is 19.1. The maximum absolute atomic E-state index is 15.1. The van der Waals surface area contributed by atoms with Crippen molar-refractivity contribution in [2.45, 2.75) is 89.2 Å². The molecule has 1 unspecified atom stereocenters. The third-order valence-electron chi connectivity index (χ3n) is 11.4. The van der Waals surface area contributed by atoms with Crippen molar-refractivity contribution in [3.8, 4) is 5.75 Å². The summed E-state index contributed by atoms with van der Waals surface area (Å²) in [5.74, 6) is -2.32. The summed E-state index contributed by atoms with van der Waals surface area (Å²) in [4.78, 5) is 74.1. The molecule has 5 amide bonds. The zero-order chi connectivity index (χ0) is 39.2. The van der Waals surface area contributed by atoms with Crippen LogP contribution in [0.2, 0.25) is 0 Å². The van der Waals surface area contributed by atoms with Crippen LogP contribution in [0, 0.1) is 5.82 Å². The predicted molar refractivity (Wildman–Crippen MR) is 203 cm³/mol. The number of nitrogens with zero attached hydrogens (tertiary/aromatic N) is 6. The van der Waals surface area contributed by atoms with Gasteiger partial charge in [-0.1, -0.05) is 0 Å². The molecule has 0 radical (unpaired) electrons.